The lowest BCUT2D eigenvalue weighted by atomic mass is 9.45. The van der Waals surface area contributed by atoms with E-state index in [4.69, 9.17) is 10.8 Å². The molecule has 2 nitrogen and oxygen atoms in total. The van der Waals surface area contributed by atoms with E-state index < -0.39 is 0 Å². The highest BCUT2D eigenvalue weighted by Crippen LogP contribution is 2.57. The van der Waals surface area contributed by atoms with Crippen LogP contribution >= 0.6 is 12.4 Å². The van der Waals surface area contributed by atoms with E-state index in [9.17, 15) is 0 Å². The Labute approximate surface area is 80.9 Å². The molecule has 0 heterocycles. The van der Waals surface area contributed by atoms with Crippen LogP contribution in [0, 0.1) is 16.7 Å². The Morgan fingerprint density at radius 1 is 1.17 bits per heavy atom. The number of hydrogen-bond acceptors (Lipinski definition) is 2. The summed E-state index contributed by atoms with van der Waals surface area (Å²) in [6, 6.07) is 0.215. The first-order valence-corrected chi connectivity index (χ1v) is 4.21. The maximum absolute atomic E-state index is 9.12. The van der Waals surface area contributed by atoms with E-state index in [0.717, 1.165) is 0 Å². The highest BCUT2D eigenvalue weighted by Gasteiger charge is 2.59. The van der Waals surface area contributed by atoms with Gasteiger partial charge >= 0.3 is 0 Å². The van der Waals surface area contributed by atoms with E-state index in [-0.39, 0.29) is 35.9 Å². The second-order valence-electron chi connectivity index (χ2n) is 4.86. The van der Waals surface area contributed by atoms with Gasteiger partial charge in [0.2, 0.25) is 0 Å². The van der Waals surface area contributed by atoms with Gasteiger partial charge in [0.25, 0.3) is 0 Å². The molecule has 0 aliphatic heterocycles. The Bertz CT molecular complexity index is 152. The zero-order valence-electron chi connectivity index (χ0n) is 8.29. The van der Waals surface area contributed by atoms with Gasteiger partial charge in [-0.25, -0.2) is 0 Å². The molecule has 1 saturated carbocycles. The second-order valence-corrected chi connectivity index (χ2v) is 4.86. The van der Waals surface area contributed by atoms with Gasteiger partial charge in [-0.15, -0.1) is 12.4 Å². The van der Waals surface area contributed by atoms with Gasteiger partial charge in [-0.05, 0) is 16.7 Å². The van der Waals surface area contributed by atoms with E-state index in [1.807, 2.05) is 0 Å². The summed E-state index contributed by atoms with van der Waals surface area (Å²) in [6.45, 7) is 8.77. The number of aliphatic hydroxyl groups excluding tert-OH is 1. The van der Waals surface area contributed by atoms with Crippen LogP contribution < -0.4 is 5.73 Å². The summed E-state index contributed by atoms with van der Waals surface area (Å²) in [5, 5.41) is 9.12. The predicted octanol–water partition coefficient (Wildman–Crippen LogP) is 1.41. The van der Waals surface area contributed by atoms with Crippen molar-refractivity contribution in [3.05, 3.63) is 0 Å². The number of rotatable bonds is 1. The van der Waals surface area contributed by atoms with E-state index >= 15 is 0 Å². The van der Waals surface area contributed by atoms with Gasteiger partial charge in [0.05, 0.1) is 0 Å². The zero-order valence-corrected chi connectivity index (χ0v) is 9.11. The lowest BCUT2D eigenvalue weighted by Gasteiger charge is -2.62. The summed E-state index contributed by atoms with van der Waals surface area (Å²) in [5.41, 5.74) is 6.21. The molecule has 0 aromatic heterocycles. The van der Waals surface area contributed by atoms with E-state index in [2.05, 4.69) is 27.7 Å². The molecule has 1 fully saturated rings. The minimum Gasteiger partial charge on any atom is -0.396 e. The molecule has 74 valence electrons. The van der Waals surface area contributed by atoms with Crippen molar-refractivity contribution in [1.82, 2.24) is 0 Å². The van der Waals surface area contributed by atoms with Gasteiger partial charge in [0.15, 0.2) is 0 Å². The van der Waals surface area contributed by atoms with Crippen molar-refractivity contribution in [1.29, 1.82) is 0 Å². The van der Waals surface area contributed by atoms with Crippen LogP contribution in [0.5, 0.6) is 0 Å². The molecule has 0 aromatic rings. The average Bonchev–Trinajstić information content (AvgIpc) is 1.86. The number of nitrogens with two attached hydrogens (primary N) is 1. The van der Waals surface area contributed by atoms with Crippen molar-refractivity contribution in [2.75, 3.05) is 6.61 Å². The fraction of sp³-hybridized carbons (Fsp3) is 1.00. The molecular weight excluding hydrogens is 174 g/mol. The maximum atomic E-state index is 9.12. The number of hydrogen-bond donors (Lipinski definition) is 2. The van der Waals surface area contributed by atoms with Crippen LogP contribution in [0.3, 0.4) is 0 Å². The molecule has 1 rings (SSSR count). The highest BCUT2D eigenvalue weighted by molar-refractivity contribution is 5.85. The topological polar surface area (TPSA) is 46.2 Å². The number of halogens is 1. The summed E-state index contributed by atoms with van der Waals surface area (Å²) in [6.07, 6.45) is 0. The molecule has 0 saturated heterocycles. The minimum absolute atomic E-state index is 0. The van der Waals surface area contributed by atoms with Crippen LogP contribution in [0.2, 0.25) is 0 Å². The predicted molar refractivity (Wildman–Crippen MR) is 53.4 cm³/mol. The third-order valence-corrected chi connectivity index (χ3v) is 3.58. The molecule has 3 heteroatoms. The zero-order chi connectivity index (χ0) is 8.86. The van der Waals surface area contributed by atoms with Crippen molar-refractivity contribution < 1.29 is 5.11 Å². The van der Waals surface area contributed by atoms with Gasteiger partial charge in [0.1, 0.15) is 0 Å². The SMILES string of the molecule is CC1(C)C(N)C(C)(C)C1CO.Cl. The van der Waals surface area contributed by atoms with Gasteiger partial charge in [-0.3, -0.25) is 0 Å². The van der Waals surface area contributed by atoms with Crippen LogP contribution in [-0.2, 0) is 0 Å². The van der Waals surface area contributed by atoms with Crippen LogP contribution in [0.15, 0.2) is 0 Å². The Morgan fingerprint density at radius 2 is 1.50 bits per heavy atom. The largest absolute Gasteiger partial charge is 0.396 e. The van der Waals surface area contributed by atoms with Crippen LogP contribution in [-0.4, -0.2) is 17.8 Å². The molecule has 12 heavy (non-hydrogen) atoms. The smallest absolute Gasteiger partial charge is 0.0470 e. The van der Waals surface area contributed by atoms with Crippen molar-refractivity contribution >= 4 is 12.4 Å². The average molecular weight is 194 g/mol. The lowest BCUT2D eigenvalue weighted by molar-refractivity contribution is -0.131. The monoisotopic (exact) mass is 193 g/mol. The number of aliphatic hydroxyl groups is 1. The van der Waals surface area contributed by atoms with Crippen molar-refractivity contribution in [3.63, 3.8) is 0 Å². The summed E-state index contributed by atoms with van der Waals surface area (Å²) < 4.78 is 0. The van der Waals surface area contributed by atoms with E-state index in [0.29, 0.717) is 5.92 Å². The third kappa shape index (κ3) is 1.26. The standard InChI is InChI=1S/C9H19NO.ClH/c1-8(2)6(5-11)9(3,4)7(8)10;/h6-7,11H,5,10H2,1-4H3;1H. The second kappa shape index (κ2) is 3.17. The fourth-order valence-electron chi connectivity index (χ4n) is 2.73. The van der Waals surface area contributed by atoms with Crippen LogP contribution in [0.1, 0.15) is 27.7 Å². The molecule has 0 amide bonds. The van der Waals surface area contributed by atoms with Crippen molar-refractivity contribution in [2.45, 2.75) is 33.7 Å². The van der Waals surface area contributed by atoms with Crippen LogP contribution in [0.4, 0.5) is 0 Å². The molecule has 0 atom stereocenters. The lowest BCUT2D eigenvalue weighted by Crippen LogP contribution is -2.68. The first kappa shape index (κ1) is 12.2. The molecule has 1 aliphatic rings. The molecule has 0 spiro atoms. The van der Waals surface area contributed by atoms with Gasteiger partial charge < -0.3 is 10.8 Å². The van der Waals surface area contributed by atoms with Gasteiger partial charge in [-0.1, -0.05) is 27.7 Å². The Hall–Kier alpha value is 0.210. The highest BCUT2D eigenvalue weighted by atomic mass is 35.5. The first-order valence-electron chi connectivity index (χ1n) is 4.21. The Kier molecular flexibility index (Phi) is 3.22. The van der Waals surface area contributed by atoms with Crippen molar-refractivity contribution in [3.8, 4) is 0 Å². The third-order valence-electron chi connectivity index (χ3n) is 3.58. The molecule has 3 N–H and O–H groups in total. The molecule has 0 unspecified atom stereocenters. The maximum Gasteiger partial charge on any atom is 0.0470 e. The molecule has 1 aliphatic carbocycles. The van der Waals surface area contributed by atoms with Crippen molar-refractivity contribution in [2.24, 2.45) is 22.5 Å². The molecule has 0 aromatic carbocycles. The van der Waals surface area contributed by atoms with E-state index in [1.54, 1.807) is 0 Å². The van der Waals surface area contributed by atoms with Crippen LogP contribution in [0.25, 0.3) is 0 Å². The fourth-order valence-corrected chi connectivity index (χ4v) is 2.73. The first-order chi connectivity index (χ1) is 4.85. The summed E-state index contributed by atoms with van der Waals surface area (Å²) in [4.78, 5) is 0. The molecular formula is C9H20ClNO. The van der Waals surface area contributed by atoms with Gasteiger partial charge in [0, 0.05) is 12.6 Å². The Balaban J connectivity index is 0.00000121. The minimum atomic E-state index is 0. The molecule has 0 radical (unpaired) electrons. The van der Waals surface area contributed by atoms with E-state index in [1.165, 1.54) is 0 Å². The summed E-state index contributed by atoms with van der Waals surface area (Å²) in [7, 11) is 0. The molecule has 0 bridgehead atoms. The summed E-state index contributed by atoms with van der Waals surface area (Å²) in [5.74, 6) is 0.352. The Morgan fingerprint density at radius 3 is 1.67 bits per heavy atom. The quantitative estimate of drug-likeness (QED) is 0.662. The van der Waals surface area contributed by atoms with Gasteiger partial charge in [-0.2, -0.15) is 0 Å². The normalized spacial score (nSPS) is 36.5. The summed E-state index contributed by atoms with van der Waals surface area (Å²) >= 11 is 0.